The number of nitrogens with two attached hydrogens (primary N) is 1. The van der Waals surface area contributed by atoms with Crippen LogP contribution in [0.5, 0.6) is 0 Å². The van der Waals surface area contributed by atoms with Crippen molar-refractivity contribution in [1.82, 2.24) is 0 Å². The van der Waals surface area contributed by atoms with E-state index in [0.717, 1.165) is 24.3 Å². The largest absolute Gasteiger partial charge is 0.451 e. The first-order valence-electron chi connectivity index (χ1n) is 6.92. The van der Waals surface area contributed by atoms with Crippen LogP contribution in [0.3, 0.4) is 0 Å². The molecule has 0 unspecified atom stereocenters. The molecule has 0 amide bonds. The van der Waals surface area contributed by atoms with Gasteiger partial charge >= 0.3 is 5.97 Å². The number of ketones is 1. The normalized spacial score (nSPS) is 12.5. The summed E-state index contributed by atoms with van der Waals surface area (Å²) in [6, 6.07) is 8.02. The van der Waals surface area contributed by atoms with Gasteiger partial charge in [0.1, 0.15) is 5.82 Å². The van der Waals surface area contributed by atoms with E-state index in [2.05, 4.69) is 0 Å². The summed E-state index contributed by atoms with van der Waals surface area (Å²) in [4.78, 5) is 24.1. The number of sulfonamides is 1. The smallest absolute Gasteiger partial charge is 0.340 e. The fourth-order valence-corrected chi connectivity index (χ4v) is 2.70. The molecule has 0 fully saturated rings. The molecule has 0 saturated carbocycles. The second-order valence-corrected chi connectivity index (χ2v) is 7.07. The lowest BCUT2D eigenvalue weighted by atomic mass is 10.1. The molecule has 2 rings (SSSR count). The van der Waals surface area contributed by atoms with Gasteiger partial charge in [-0.2, -0.15) is 0 Å². The van der Waals surface area contributed by atoms with Crippen molar-refractivity contribution < 1.29 is 27.1 Å². The van der Waals surface area contributed by atoms with Crippen LogP contribution in [-0.2, 0) is 14.8 Å². The van der Waals surface area contributed by atoms with Crippen LogP contribution >= 0.6 is 11.6 Å². The van der Waals surface area contributed by atoms with Gasteiger partial charge in [-0.25, -0.2) is 22.7 Å². The van der Waals surface area contributed by atoms with E-state index in [1.807, 2.05) is 0 Å². The third-order valence-electron chi connectivity index (χ3n) is 3.27. The zero-order chi connectivity index (χ0) is 18.8. The number of esters is 1. The average Bonchev–Trinajstić information content (AvgIpc) is 2.54. The van der Waals surface area contributed by atoms with E-state index >= 15 is 0 Å². The Morgan fingerprint density at radius 3 is 2.32 bits per heavy atom. The SMILES string of the molecule is C[C@@H](OC(=O)c1cc(S(N)(=O)=O)ccc1Cl)C(=O)c1ccc(F)cc1. The highest BCUT2D eigenvalue weighted by Crippen LogP contribution is 2.21. The van der Waals surface area contributed by atoms with Gasteiger partial charge in [-0.1, -0.05) is 11.6 Å². The number of ether oxygens (including phenoxy) is 1. The monoisotopic (exact) mass is 385 g/mol. The molecule has 0 aliphatic rings. The van der Waals surface area contributed by atoms with Gasteiger partial charge in [0, 0.05) is 5.56 Å². The molecule has 0 radical (unpaired) electrons. The number of halogens is 2. The van der Waals surface area contributed by atoms with Crippen molar-refractivity contribution in [3.8, 4) is 0 Å². The van der Waals surface area contributed by atoms with Crippen molar-refractivity contribution in [2.75, 3.05) is 0 Å². The first-order valence-corrected chi connectivity index (χ1v) is 8.85. The molecule has 2 aromatic carbocycles. The maximum atomic E-state index is 12.9. The van der Waals surface area contributed by atoms with Gasteiger partial charge in [-0.3, -0.25) is 4.79 Å². The Labute approximate surface area is 148 Å². The van der Waals surface area contributed by atoms with Crippen LogP contribution < -0.4 is 5.14 Å². The molecule has 1 atom stereocenters. The Kier molecular flexibility index (Phi) is 5.56. The molecular weight excluding hydrogens is 373 g/mol. The quantitative estimate of drug-likeness (QED) is 0.629. The second-order valence-electron chi connectivity index (χ2n) is 5.11. The first kappa shape index (κ1) is 19.0. The lowest BCUT2D eigenvalue weighted by Crippen LogP contribution is -2.25. The molecule has 2 N–H and O–H groups in total. The minimum Gasteiger partial charge on any atom is -0.451 e. The summed E-state index contributed by atoms with van der Waals surface area (Å²) in [6.45, 7) is 1.33. The highest BCUT2D eigenvalue weighted by atomic mass is 35.5. The summed E-state index contributed by atoms with van der Waals surface area (Å²) < 4.78 is 40.6. The topological polar surface area (TPSA) is 104 Å². The van der Waals surface area contributed by atoms with Crippen molar-refractivity contribution in [2.24, 2.45) is 5.14 Å². The number of rotatable bonds is 5. The number of benzene rings is 2. The maximum Gasteiger partial charge on any atom is 0.340 e. The molecule has 0 aromatic heterocycles. The Hall–Kier alpha value is -2.29. The number of Topliss-reactive ketones (excluding diaryl/α,β-unsaturated/α-hetero) is 1. The molecule has 132 valence electrons. The Balaban J connectivity index is 2.21. The molecule has 2 aromatic rings. The molecular formula is C16H13ClFNO5S. The Bertz CT molecular complexity index is 928. The lowest BCUT2D eigenvalue weighted by molar-refractivity contribution is 0.0318. The van der Waals surface area contributed by atoms with Crippen molar-refractivity contribution in [3.05, 3.63) is 64.4 Å². The number of hydrogen-bond donors (Lipinski definition) is 1. The fourth-order valence-electron chi connectivity index (χ4n) is 1.96. The van der Waals surface area contributed by atoms with E-state index in [0.29, 0.717) is 0 Å². The Morgan fingerprint density at radius 1 is 1.16 bits per heavy atom. The Morgan fingerprint density at radius 2 is 1.76 bits per heavy atom. The summed E-state index contributed by atoms with van der Waals surface area (Å²) in [5.41, 5.74) is -0.0852. The minimum absolute atomic E-state index is 0.0566. The van der Waals surface area contributed by atoms with Crippen LogP contribution in [0.1, 0.15) is 27.6 Å². The summed E-state index contributed by atoms with van der Waals surface area (Å²) >= 11 is 5.88. The van der Waals surface area contributed by atoms with E-state index < -0.39 is 33.7 Å². The van der Waals surface area contributed by atoms with Crippen LogP contribution in [0.15, 0.2) is 47.4 Å². The maximum absolute atomic E-state index is 12.9. The zero-order valence-electron chi connectivity index (χ0n) is 12.9. The lowest BCUT2D eigenvalue weighted by Gasteiger charge is -2.13. The average molecular weight is 386 g/mol. The second kappa shape index (κ2) is 7.30. The highest BCUT2D eigenvalue weighted by Gasteiger charge is 2.23. The molecule has 9 heteroatoms. The standard InChI is InChI=1S/C16H13ClFNO5S/c1-9(15(20)10-2-4-11(18)5-3-10)24-16(21)13-8-12(25(19,22)23)6-7-14(13)17/h2-9H,1H3,(H2,19,22,23)/t9-/m1/s1. The van der Waals surface area contributed by atoms with E-state index in [1.165, 1.54) is 25.1 Å². The van der Waals surface area contributed by atoms with Gasteiger partial charge in [-0.05, 0) is 49.4 Å². The molecule has 0 heterocycles. The molecule has 0 aliphatic carbocycles. The molecule has 0 saturated heterocycles. The molecule has 25 heavy (non-hydrogen) atoms. The zero-order valence-corrected chi connectivity index (χ0v) is 14.5. The number of carbonyl (C=O) groups excluding carboxylic acids is 2. The van der Waals surface area contributed by atoms with E-state index in [9.17, 15) is 22.4 Å². The van der Waals surface area contributed by atoms with Gasteiger partial charge in [0.15, 0.2) is 6.10 Å². The van der Waals surface area contributed by atoms with E-state index in [-0.39, 0.29) is 21.0 Å². The van der Waals surface area contributed by atoms with E-state index in [4.69, 9.17) is 21.5 Å². The minimum atomic E-state index is -4.04. The number of hydrogen-bond acceptors (Lipinski definition) is 5. The number of primary sulfonamides is 1. The summed E-state index contributed by atoms with van der Waals surface area (Å²) in [5.74, 6) is -2.04. The van der Waals surface area contributed by atoms with Crippen LogP contribution in [0.25, 0.3) is 0 Å². The van der Waals surface area contributed by atoms with Gasteiger partial charge in [0.05, 0.1) is 15.5 Å². The van der Waals surface area contributed by atoms with Crippen LogP contribution in [0.4, 0.5) is 4.39 Å². The summed E-state index contributed by atoms with van der Waals surface area (Å²) in [6.07, 6.45) is -1.19. The molecule has 0 bridgehead atoms. The number of carbonyl (C=O) groups is 2. The fraction of sp³-hybridized carbons (Fsp3) is 0.125. The van der Waals surface area contributed by atoms with Gasteiger partial charge in [-0.15, -0.1) is 0 Å². The van der Waals surface area contributed by atoms with Crippen molar-refractivity contribution in [3.63, 3.8) is 0 Å². The van der Waals surface area contributed by atoms with Crippen molar-refractivity contribution in [1.29, 1.82) is 0 Å². The van der Waals surface area contributed by atoms with Crippen molar-refractivity contribution >= 4 is 33.4 Å². The summed E-state index contributed by atoms with van der Waals surface area (Å²) in [5, 5.41) is 4.95. The molecule has 6 nitrogen and oxygen atoms in total. The highest BCUT2D eigenvalue weighted by molar-refractivity contribution is 7.89. The third-order valence-corrected chi connectivity index (χ3v) is 4.51. The first-order chi connectivity index (χ1) is 11.6. The van der Waals surface area contributed by atoms with Gasteiger partial charge in [0.25, 0.3) is 0 Å². The molecule has 0 aliphatic heterocycles. The van der Waals surface area contributed by atoms with Crippen molar-refractivity contribution in [2.45, 2.75) is 17.9 Å². The van der Waals surface area contributed by atoms with E-state index in [1.54, 1.807) is 0 Å². The van der Waals surface area contributed by atoms with Crippen LogP contribution in [-0.4, -0.2) is 26.3 Å². The molecule has 0 spiro atoms. The van der Waals surface area contributed by atoms with Crippen LogP contribution in [0.2, 0.25) is 5.02 Å². The van der Waals surface area contributed by atoms with Crippen LogP contribution in [0, 0.1) is 5.82 Å². The van der Waals surface area contributed by atoms with Gasteiger partial charge < -0.3 is 4.74 Å². The predicted molar refractivity (Wildman–Crippen MR) is 88.4 cm³/mol. The third kappa shape index (κ3) is 4.62. The predicted octanol–water partition coefficient (Wildman–Crippen LogP) is 2.55. The van der Waals surface area contributed by atoms with Gasteiger partial charge in [0.2, 0.25) is 15.8 Å². The summed E-state index contributed by atoms with van der Waals surface area (Å²) in [7, 11) is -4.04.